The molecule has 114 valence electrons. The molecule has 1 aromatic carbocycles. The predicted molar refractivity (Wildman–Crippen MR) is 86.2 cm³/mol. The van der Waals surface area contributed by atoms with Gasteiger partial charge in [-0.15, -0.1) is 0 Å². The average Bonchev–Trinajstić information content (AvgIpc) is 2.53. The highest BCUT2D eigenvalue weighted by molar-refractivity contribution is 5.92. The minimum absolute atomic E-state index is 0.0214. The van der Waals surface area contributed by atoms with Gasteiger partial charge in [0.15, 0.2) is 0 Å². The number of nitrogens with one attached hydrogen (secondary N) is 1. The van der Waals surface area contributed by atoms with Crippen LogP contribution in [0.1, 0.15) is 44.6 Å². The van der Waals surface area contributed by atoms with Crippen molar-refractivity contribution in [3.8, 4) is 5.75 Å². The Balaban J connectivity index is 1.83. The van der Waals surface area contributed by atoms with E-state index in [9.17, 15) is 4.79 Å². The van der Waals surface area contributed by atoms with E-state index in [4.69, 9.17) is 4.74 Å². The molecule has 1 N–H and O–H groups in total. The van der Waals surface area contributed by atoms with Gasteiger partial charge in [0.2, 0.25) is 5.91 Å². The molecule has 1 saturated carbocycles. The van der Waals surface area contributed by atoms with Gasteiger partial charge in [0.1, 0.15) is 5.75 Å². The Kier molecular flexibility index (Phi) is 6.32. The summed E-state index contributed by atoms with van der Waals surface area (Å²) in [5.41, 5.74) is 0.937. The molecular formula is C18H25NO2. The Hall–Kier alpha value is -1.77. The zero-order chi connectivity index (χ0) is 14.9. The molecule has 21 heavy (non-hydrogen) atoms. The van der Waals surface area contributed by atoms with E-state index in [1.54, 1.807) is 6.08 Å². The van der Waals surface area contributed by atoms with Gasteiger partial charge in [0, 0.05) is 18.2 Å². The van der Waals surface area contributed by atoms with Gasteiger partial charge in [-0.05, 0) is 37.8 Å². The lowest BCUT2D eigenvalue weighted by Crippen LogP contribution is -2.28. The minimum Gasteiger partial charge on any atom is -0.493 e. The van der Waals surface area contributed by atoms with Crippen molar-refractivity contribution in [1.29, 1.82) is 0 Å². The second kappa shape index (κ2) is 8.50. The van der Waals surface area contributed by atoms with E-state index < -0.39 is 0 Å². The molecule has 1 amide bonds. The average molecular weight is 287 g/mol. The van der Waals surface area contributed by atoms with Crippen LogP contribution in [0.25, 0.3) is 6.08 Å². The third-order valence-corrected chi connectivity index (χ3v) is 3.92. The summed E-state index contributed by atoms with van der Waals surface area (Å²) in [7, 11) is 0. The van der Waals surface area contributed by atoms with Crippen LogP contribution in [-0.2, 0) is 4.79 Å². The van der Waals surface area contributed by atoms with Crippen molar-refractivity contribution in [2.75, 3.05) is 13.2 Å². The van der Waals surface area contributed by atoms with Crippen molar-refractivity contribution in [1.82, 2.24) is 5.32 Å². The number of hydrogen-bond acceptors (Lipinski definition) is 2. The van der Waals surface area contributed by atoms with Gasteiger partial charge in [-0.25, -0.2) is 0 Å². The molecule has 0 unspecified atom stereocenters. The highest BCUT2D eigenvalue weighted by atomic mass is 16.5. The number of benzene rings is 1. The molecule has 1 aliphatic rings. The number of para-hydroxylation sites is 1. The first-order chi connectivity index (χ1) is 10.3. The van der Waals surface area contributed by atoms with Crippen LogP contribution in [0.5, 0.6) is 5.75 Å². The van der Waals surface area contributed by atoms with E-state index in [0.29, 0.717) is 12.5 Å². The largest absolute Gasteiger partial charge is 0.493 e. The molecule has 1 fully saturated rings. The zero-order valence-corrected chi connectivity index (χ0v) is 12.8. The van der Waals surface area contributed by atoms with Crippen LogP contribution in [0.4, 0.5) is 0 Å². The maximum Gasteiger partial charge on any atom is 0.244 e. The smallest absolute Gasteiger partial charge is 0.244 e. The van der Waals surface area contributed by atoms with Crippen molar-refractivity contribution in [3.63, 3.8) is 0 Å². The van der Waals surface area contributed by atoms with Crippen LogP contribution < -0.4 is 10.1 Å². The van der Waals surface area contributed by atoms with Gasteiger partial charge in [0.05, 0.1) is 6.61 Å². The van der Waals surface area contributed by atoms with Gasteiger partial charge in [0.25, 0.3) is 0 Å². The summed E-state index contributed by atoms with van der Waals surface area (Å²) in [4.78, 5) is 11.9. The molecule has 0 heterocycles. The molecule has 1 aromatic rings. The van der Waals surface area contributed by atoms with Gasteiger partial charge < -0.3 is 10.1 Å². The second-order valence-corrected chi connectivity index (χ2v) is 5.55. The molecule has 2 rings (SSSR count). The first kappa shape index (κ1) is 15.6. The van der Waals surface area contributed by atoms with E-state index in [-0.39, 0.29) is 5.91 Å². The number of ether oxygens (including phenoxy) is 1. The van der Waals surface area contributed by atoms with Crippen LogP contribution in [-0.4, -0.2) is 19.1 Å². The number of rotatable bonds is 6. The number of hydrogen-bond donors (Lipinski definition) is 1. The molecule has 3 heteroatoms. The Morgan fingerprint density at radius 3 is 2.81 bits per heavy atom. The molecule has 0 saturated heterocycles. The molecular weight excluding hydrogens is 262 g/mol. The topological polar surface area (TPSA) is 38.3 Å². The summed E-state index contributed by atoms with van der Waals surface area (Å²) in [6, 6.07) is 7.76. The lowest BCUT2D eigenvalue weighted by atomic mass is 9.89. The summed E-state index contributed by atoms with van der Waals surface area (Å²) in [5.74, 6) is 1.45. The fourth-order valence-electron chi connectivity index (χ4n) is 2.77. The summed E-state index contributed by atoms with van der Waals surface area (Å²) in [5, 5.41) is 3.01. The maximum atomic E-state index is 11.9. The highest BCUT2D eigenvalue weighted by Crippen LogP contribution is 2.23. The molecule has 1 aliphatic carbocycles. The molecule has 0 aliphatic heterocycles. The Morgan fingerprint density at radius 1 is 1.29 bits per heavy atom. The van der Waals surface area contributed by atoms with Gasteiger partial charge >= 0.3 is 0 Å². The highest BCUT2D eigenvalue weighted by Gasteiger charge is 2.13. The van der Waals surface area contributed by atoms with E-state index in [2.05, 4.69) is 5.32 Å². The summed E-state index contributed by atoms with van der Waals surface area (Å²) < 4.78 is 5.54. The summed E-state index contributed by atoms with van der Waals surface area (Å²) in [6.45, 7) is 3.38. The minimum atomic E-state index is -0.0214. The fourth-order valence-corrected chi connectivity index (χ4v) is 2.77. The van der Waals surface area contributed by atoms with Crippen LogP contribution >= 0.6 is 0 Å². The summed E-state index contributed by atoms with van der Waals surface area (Å²) >= 11 is 0. The molecule has 0 radical (unpaired) electrons. The zero-order valence-electron chi connectivity index (χ0n) is 12.8. The molecule has 0 bridgehead atoms. The number of amides is 1. The monoisotopic (exact) mass is 287 g/mol. The van der Waals surface area contributed by atoms with Crippen LogP contribution in [0.3, 0.4) is 0 Å². The number of carbonyl (C=O) groups excluding carboxylic acids is 1. The first-order valence-electron chi connectivity index (χ1n) is 7.97. The van der Waals surface area contributed by atoms with Crippen molar-refractivity contribution in [2.45, 2.75) is 39.0 Å². The standard InChI is InChI=1S/C18H25NO2/c1-2-21-17-11-7-6-10-16(17)12-13-18(20)19-14-15-8-4-3-5-9-15/h6-7,10-13,15H,2-5,8-9,14H2,1H3,(H,19,20)/b13-12+. The molecule has 0 atom stereocenters. The third kappa shape index (κ3) is 5.25. The van der Waals surface area contributed by atoms with E-state index >= 15 is 0 Å². The Labute approximate surface area is 127 Å². The van der Waals surface area contributed by atoms with Crippen molar-refractivity contribution in [2.24, 2.45) is 5.92 Å². The fraction of sp³-hybridized carbons (Fsp3) is 0.500. The Bertz CT molecular complexity index is 476. The Morgan fingerprint density at radius 2 is 2.05 bits per heavy atom. The third-order valence-electron chi connectivity index (χ3n) is 3.92. The van der Waals surface area contributed by atoms with Crippen LogP contribution in [0.2, 0.25) is 0 Å². The van der Waals surface area contributed by atoms with Crippen LogP contribution in [0.15, 0.2) is 30.3 Å². The van der Waals surface area contributed by atoms with Crippen molar-refractivity contribution >= 4 is 12.0 Å². The van der Waals surface area contributed by atoms with Gasteiger partial charge in [-0.2, -0.15) is 0 Å². The SMILES string of the molecule is CCOc1ccccc1/C=C/C(=O)NCC1CCCCC1. The summed E-state index contributed by atoms with van der Waals surface area (Å²) in [6.07, 6.45) is 9.87. The molecule has 0 spiro atoms. The van der Waals surface area contributed by atoms with Crippen molar-refractivity contribution in [3.05, 3.63) is 35.9 Å². The van der Waals surface area contributed by atoms with E-state index in [0.717, 1.165) is 17.9 Å². The predicted octanol–water partition coefficient (Wildman–Crippen LogP) is 3.80. The maximum absolute atomic E-state index is 11.9. The van der Waals surface area contributed by atoms with E-state index in [1.165, 1.54) is 32.1 Å². The van der Waals surface area contributed by atoms with Gasteiger partial charge in [-0.1, -0.05) is 37.5 Å². The normalized spacial score (nSPS) is 16.0. The van der Waals surface area contributed by atoms with Crippen LogP contribution in [0, 0.1) is 5.92 Å². The quantitative estimate of drug-likeness (QED) is 0.808. The second-order valence-electron chi connectivity index (χ2n) is 5.55. The molecule has 0 aromatic heterocycles. The molecule has 3 nitrogen and oxygen atoms in total. The van der Waals surface area contributed by atoms with Gasteiger partial charge in [-0.3, -0.25) is 4.79 Å². The lowest BCUT2D eigenvalue weighted by molar-refractivity contribution is -0.116. The lowest BCUT2D eigenvalue weighted by Gasteiger charge is -2.21. The first-order valence-corrected chi connectivity index (χ1v) is 7.97. The number of carbonyl (C=O) groups is 1. The van der Waals surface area contributed by atoms with E-state index in [1.807, 2.05) is 37.3 Å². The van der Waals surface area contributed by atoms with Crippen molar-refractivity contribution < 1.29 is 9.53 Å².